The fourth-order valence-electron chi connectivity index (χ4n) is 2.77. The molecule has 6 heteroatoms. The van der Waals surface area contributed by atoms with Crippen LogP contribution in [-0.4, -0.2) is 20.4 Å². The molecule has 4 rings (SSSR count). The third-order valence-corrected chi connectivity index (χ3v) is 4.66. The average Bonchev–Trinajstić information content (AvgIpc) is 3.18. The van der Waals surface area contributed by atoms with Crippen LogP contribution in [-0.2, 0) is 11.2 Å². The van der Waals surface area contributed by atoms with Gasteiger partial charge in [0.05, 0.1) is 28.2 Å². The number of thiazole rings is 1. The summed E-state index contributed by atoms with van der Waals surface area (Å²) in [6.45, 7) is 1.93. The number of nitrogens with one attached hydrogen (secondary N) is 1. The van der Waals surface area contributed by atoms with Crippen LogP contribution in [0.15, 0.2) is 60.0 Å². The highest BCUT2D eigenvalue weighted by molar-refractivity contribution is 7.09. The highest BCUT2D eigenvalue weighted by Crippen LogP contribution is 2.24. The zero-order valence-electron chi connectivity index (χ0n) is 13.6. The van der Waals surface area contributed by atoms with Gasteiger partial charge in [0, 0.05) is 11.1 Å². The largest absolute Gasteiger partial charge is 0.295 e. The maximum atomic E-state index is 12.5. The van der Waals surface area contributed by atoms with Gasteiger partial charge in [-0.05, 0) is 31.2 Å². The molecule has 0 radical (unpaired) electrons. The number of nitrogens with zero attached hydrogens (tertiary/aromatic N) is 3. The predicted molar refractivity (Wildman–Crippen MR) is 100 cm³/mol. The molecule has 5 nitrogen and oxygen atoms in total. The Morgan fingerprint density at radius 3 is 2.60 bits per heavy atom. The number of anilines is 1. The topological polar surface area (TPSA) is 59.8 Å². The first-order valence-corrected chi connectivity index (χ1v) is 8.82. The first-order valence-electron chi connectivity index (χ1n) is 7.94. The molecule has 0 unspecified atom stereocenters. The number of para-hydroxylation sites is 3. The minimum atomic E-state index is -0.127. The smallest absolute Gasteiger partial charge is 0.232 e. The number of aryl methyl sites for hydroxylation is 1. The lowest BCUT2D eigenvalue weighted by Gasteiger charge is -2.09. The Labute approximate surface area is 149 Å². The zero-order chi connectivity index (χ0) is 17.2. The number of hydrogen-bond acceptors (Lipinski definition) is 4. The van der Waals surface area contributed by atoms with Crippen LogP contribution in [0.4, 0.5) is 5.95 Å². The number of rotatable bonds is 4. The molecule has 2 aromatic carbocycles. The minimum Gasteiger partial charge on any atom is -0.295 e. The molecular formula is C19H16N4OS. The monoisotopic (exact) mass is 348 g/mol. The van der Waals surface area contributed by atoms with Gasteiger partial charge in [-0.1, -0.05) is 30.3 Å². The van der Waals surface area contributed by atoms with Crippen molar-refractivity contribution in [2.24, 2.45) is 0 Å². The highest BCUT2D eigenvalue weighted by Gasteiger charge is 2.15. The maximum absolute atomic E-state index is 12.5. The van der Waals surface area contributed by atoms with E-state index in [1.54, 1.807) is 11.3 Å². The van der Waals surface area contributed by atoms with E-state index >= 15 is 0 Å². The Hall–Kier alpha value is -2.99. The van der Waals surface area contributed by atoms with Crippen molar-refractivity contribution in [2.45, 2.75) is 13.3 Å². The molecule has 2 heterocycles. The molecule has 0 bridgehead atoms. The molecule has 0 saturated heterocycles. The number of amides is 1. The molecule has 0 atom stereocenters. The van der Waals surface area contributed by atoms with Crippen molar-refractivity contribution < 1.29 is 4.79 Å². The second-order valence-electron chi connectivity index (χ2n) is 5.68. The van der Waals surface area contributed by atoms with Crippen molar-refractivity contribution in [1.29, 1.82) is 0 Å². The highest BCUT2D eigenvalue weighted by atomic mass is 32.1. The average molecular weight is 348 g/mol. The maximum Gasteiger partial charge on any atom is 0.232 e. The van der Waals surface area contributed by atoms with E-state index in [4.69, 9.17) is 0 Å². The molecule has 25 heavy (non-hydrogen) atoms. The number of hydrogen-bond donors (Lipinski definition) is 1. The molecule has 0 aliphatic carbocycles. The van der Waals surface area contributed by atoms with Crippen molar-refractivity contribution in [3.05, 3.63) is 70.7 Å². The molecule has 0 aliphatic heterocycles. The van der Waals surface area contributed by atoms with E-state index < -0.39 is 0 Å². The van der Waals surface area contributed by atoms with Crippen LogP contribution in [0, 0.1) is 6.92 Å². The summed E-state index contributed by atoms with van der Waals surface area (Å²) < 4.78 is 1.96. The quantitative estimate of drug-likeness (QED) is 0.607. The van der Waals surface area contributed by atoms with Crippen LogP contribution in [0.3, 0.4) is 0 Å². The SMILES string of the molecule is Cc1nc(CC(=O)Nc2nc3ccccc3n2-c2ccccc2)cs1. The van der Waals surface area contributed by atoms with E-state index in [-0.39, 0.29) is 12.3 Å². The van der Waals surface area contributed by atoms with Gasteiger partial charge in [-0.25, -0.2) is 9.97 Å². The van der Waals surface area contributed by atoms with Gasteiger partial charge >= 0.3 is 0 Å². The Balaban J connectivity index is 1.70. The first-order chi connectivity index (χ1) is 12.2. The van der Waals surface area contributed by atoms with Crippen molar-refractivity contribution in [3.8, 4) is 5.69 Å². The van der Waals surface area contributed by atoms with Gasteiger partial charge in [-0.15, -0.1) is 11.3 Å². The zero-order valence-corrected chi connectivity index (χ0v) is 14.5. The molecule has 1 N–H and O–H groups in total. The summed E-state index contributed by atoms with van der Waals surface area (Å²) >= 11 is 1.54. The van der Waals surface area contributed by atoms with E-state index in [9.17, 15) is 4.79 Å². The molecule has 0 aliphatic rings. The summed E-state index contributed by atoms with van der Waals surface area (Å²) in [7, 11) is 0. The van der Waals surface area contributed by atoms with E-state index in [1.165, 1.54) is 0 Å². The van der Waals surface area contributed by atoms with Crippen molar-refractivity contribution in [1.82, 2.24) is 14.5 Å². The second-order valence-corrected chi connectivity index (χ2v) is 6.74. The van der Waals surface area contributed by atoms with Crippen LogP contribution in [0.25, 0.3) is 16.7 Å². The van der Waals surface area contributed by atoms with Crippen LogP contribution in [0.2, 0.25) is 0 Å². The fourth-order valence-corrected chi connectivity index (χ4v) is 3.38. The molecule has 4 aromatic rings. The lowest BCUT2D eigenvalue weighted by Crippen LogP contribution is -2.17. The Morgan fingerprint density at radius 2 is 1.84 bits per heavy atom. The number of imidazole rings is 1. The molecule has 2 aromatic heterocycles. The number of aromatic nitrogens is 3. The first kappa shape index (κ1) is 15.5. The van der Waals surface area contributed by atoms with Crippen LogP contribution in [0.5, 0.6) is 0 Å². The van der Waals surface area contributed by atoms with E-state index in [0.717, 1.165) is 27.4 Å². The number of benzene rings is 2. The minimum absolute atomic E-state index is 0.127. The van der Waals surface area contributed by atoms with Gasteiger partial charge in [0.1, 0.15) is 0 Å². The van der Waals surface area contributed by atoms with Gasteiger partial charge in [-0.3, -0.25) is 14.7 Å². The lowest BCUT2D eigenvalue weighted by molar-refractivity contribution is -0.115. The van der Waals surface area contributed by atoms with E-state index in [1.807, 2.05) is 71.5 Å². The summed E-state index contributed by atoms with van der Waals surface area (Å²) in [4.78, 5) is 21.4. The Morgan fingerprint density at radius 1 is 1.08 bits per heavy atom. The van der Waals surface area contributed by atoms with Crippen LogP contribution in [0.1, 0.15) is 10.7 Å². The number of carbonyl (C=O) groups is 1. The third kappa shape index (κ3) is 3.16. The Kier molecular flexibility index (Phi) is 4.03. The molecular weight excluding hydrogens is 332 g/mol. The summed E-state index contributed by atoms with van der Waals surface area (Å²) in [5.74, 6) is 0.391. The van der Waals surface area contributed by atoms with E-state index in [2.05, 4.69) is 15.3 Å². The van der Waals surface area contributed by atoms with Crippen LogP contribution >= 0.6 is 11.3 Å². The van der Waals surface area contributed by atoms with Gasteiger partial charge in [-0.2, -0.15) is 0 Å². The van der Waals surface area contributed by atoms with Gasteiger partial charge in [0.2, 0.25) is 11.9 Å². The van der Waals surface area contributed by atoms with Crippen molar-refractivity contribution in [2.75, 3.05) is 5.32 Å². The fraction of sp³-hybridized carbons (Fsp3) is 0.105. The molecule has 124 valence electrons. The van der Waals surface area contributed by atoms with E-state index in [0.29, 0.717) is 5.95 Å². The number of carbonyl (C=O) groups excluding carboxylic acids is 1. The van der Waals surface area contributed by atoms with Crippen LogP contribution < -0.4 is 5.32 Å². The van der Waals surface area contributed by atoms with Gasteiger partial charge in [0.15, 0.2) is 0 Å². The molecule has 0 saturated carbocycles. The summed E-state index contributed by atoms with van der Waals surface area (Å²) in [5.41, 5.74) is 3.53. The molecule has 1 amide bonds. The van der Waals surface area contributed by atoms with Crippen molar-refractivity contribution in [3.63, 3.8) is 0 Å². The number of fused-ring (bicyclic) bond motifs is 1. The normalized spacial score (nSPS) is 10.9. The van der Waals surface area contributed by atoms with Crippen molar-refractivity contribution >= 4 is 34.2 Å². The molecule has 0 fully saturated rings. The Bertz CT molecular complexity index is 1040. The standard InChI is InChI=1S/C19H16N4OS/c1-13-20-14(12-25-13)11-18(24)22-19-21-16-9-5-6-10-17(16)23(19)15-7-3-2-4-8-15/h2-10,12H,11H2,1H3,(H,21,22,24). The summed E-state index contributed by atoms with van der Waals surface area (Å²) in [5, 5.41) is 5.80. The summed E-state index contributed by atoms with van der Waals surface area (Å²) in [6.07, 6.45) is 0.238. The predicted octanol–water partition coefficient (Wildman–Crippen LogP) is 3.97. The third-order valence-electron chi connectivity index (χ3n) is 3.83. The lowest BCUT2D eigenvalue weighted by atomic mass is 10.3. The molecule has 0 spiro atoms. The second kappa shape index (κ2) is 6.49. The van der Waals surface area contributed by atoms with Gasteiger partial charge < -0.3 is 0 Å². The summed E-state index contributed by atoms with van der Waals surface area (Å²) in [6, 6.07) is 17.7. The van der Waals surface area contributed by atoms with Gasteiger partial charge in [0.25, 0.3) is 0 Å².